The summed E-state index contributed by atoms with van der Waals surface area (Å²) < 4.78 is 10.9. The molecule has 1 aromatic rings. The zero-order valence-corrected chi connectivity index (χ0v) is 16.3. The molecule has 6 heteroatoms. The van der Waals surface area contributed by atoms with Gasteiger partial charge in [-0.05, 0) is 24.0 Å². The van der Waals surface area contributed by atoms with Crippen molar-refractivity contribution < 1.29 is 19.1 Å². The Balaban J connectivity index is 1.86. The van der Waals surface area contributed by atoms with E-state index in [1.54, 1.807) is 24.1 Å². The fraction of sp³-hybridized carbons (Fsp3) is 0.600. The van der Waals surface area contributed by atoms with Crippen LogP contribution in [-0.2, 0) is 9.59 Å². The summed E-state index contributed by atoms with van der Waals surface area (Å²) in [4.78, 5) is 28.5. The number of carbonyl (C=O) groups excluding carboxylic acids is 2. The first-order chi connectivity index (χ1) is 12.3. The molecule has 0 unspecified atom stereocenters. The first-order valence-corrected chi connectivity index (χ1v) is 9.11. The molecule has 1 aliphatic heterocycles. The minimum absolute atomic E-state index is 0.0263. The molecule has 0 bridgehead atoms. The van der Waals surface area contributed by atoms with Gasteiger partial charge in [0.15, 0.2) is 18.1 Å². The Labute approximate surface area is 156 Å². The molecule has 1 fully saturated rings. The molecular formula is C20H30N2O4. The van der Waals surface area contributed by atoms with E-state index in [2.05, 4.69) is 20.8 Å². The molecule has 0 saturated carbocycles. The number of para-hydroxylation sites is 2. The Kier molecular flexibility index (Phi) is 6.89. The Morgan fingerprint density at radius 3 is 2.12 bits per heavy atom. The van der Waals surface area contributed by atoms with E-state index < -0.39 is 0 Å². The number of nitrogens with zero attached hydrogens (tertiary/aromatic N) is 2. The maximum Gasteiger partial charge on any atom is 0.260 e. The van der Waals surface area contributed by atoms with Gasteiger partial charge in [0, 0.05) is 32.6 Å². The summed E-state index contributed by atoms with van der Waals surface area (Å²) in [6.45, 7) is 8.63. The second-order valence-corrected chi connectivity index (χ2v) is 7.79. The van der Waals surface area contributed by atoms with E-state index in [1.165, 1.54) is 0 Å². The minimum Gasteiger partial charge on any atom is -0.493 e. The van der Waals surface area contributed by atoms with Gasteiger partial charge in [0.1, 0.15) is 0 Å². The van der Waals surface area contributed by atoms with Gasteiger partial charge < -0.3 is 19.3 Å². The Bertz CT molecular complexity index is 624. The molecule has 0 aliphatic carbocycles. The van der Waals surface area contributed by atoms with Gasteiger partial charge in [-0.3, -0.25) is 9.59 Å². The summed E-state index contributed by atoms with van der Waals surface area (Å²) in [5, 5.41) is 0. The van der Waals surface area contributed by atoms with E-state index in [-0.39, 0.29) is 23.8 Å². The smallest absolute Gasteiger partial charge is 0.260 e. The molecule has 1 aromatic carbocycles. The van der Waals surface area contributed by atoms with Gasteiger partial charge in [0.2, 0.25) is 5.91 Å². The Morgan fingerprint density at radius 2 is 1.54 bits per heavy atom. The summed E-state index contributed by atoms with van der Waals surface area (Å²) in [5.41, 5.74) is -0.0263. The SMILES string of the molecule is COc1ccccc1OCC(=O)N1CCCN(C(=O)CC(C)(C)C)CC1. The number of methoxy groups -OCH3 is 1. The van der Waals surface area contributed by atoms with Gasteiger partial charge in [0.05, 0.1) is 7.11 Å². The first kappa shape index (κ1) is 20.1. The molecule has 1 aliphatic rings. The van der Waals surface area contributed by atoms with Crippen molar-refractivity contribution in [2.75, 3.05) is 39.9 Å². The van der Waals surface area contributed by atoms with Crippen molar-refractivity contribution in [2.45, 2.75) is 33.6 Å². The summed E-state index contributed by atoms with van der Waals surface area (Å²) in [6, 6.07) is 7.27. The van der Waals surface area contributed by atoms with E-state index in [0.29, 0.717) is 44.1 Å². The largest absolute Gasteiger partial charge is 0.493 e. The Morgan fingerprint density at radius 1 is 0.962 bits per heavy atom. The maximum atomic E-state index is 12.5. The van der Waals surface area contributed by atoms with E-state index in [9.17, 15) is 9.59 Å². The van der Waals surface area contributed by atoms with Gasteiger partial charge in [0.25, 0.3) is 5.91 Å². The maximum absolute atomic E-state index is 12.5. The third-order valence-corrected chi connectivity index (χ3v) is 4.30. The Hall–Kier alpha value is -2.24. The van der Waals surface area contributed by atoms with Crippen molar-refractivity contribution >= 4 is 11.8 Å². The van der Waals surface area contributed by atoms with E-state index in [0.717, 1.165) is 6.42 Å². The molecule has 144 valence electrons. The molecule has 6 nitrogen and oxygen atoms in total. The lowest BCUT2D eigenvalue weighted by Crippen LogP contribution is -2.40. The highest BCUT2D eigenvalue weighted by Gasteiger charge is 2.25. The van der Waals surface area contributed by atoms with Gasteiger partial charge >= 0.3 is 0 Å². The lowest BCUT2D eigenvalue weighted by Gasteiger charge is -2.25. The van der Waals surface area contributed by atoms with Crippen LogP contribution in [0.4, 0.5) is 0 Å². The first-order valence-electron chi connectivity index (χ1n) is 9.11. The van der Waals surface area contributed by atoms with Crippen molar-refractivity contribution in [1.82, 2.24) is 9.80 Å². The van der Waals surface area contributed by atoms with Crippen LogP contribution in [0, 0.1) is 5.41 Å². The second-order valence-electron chi connectivity index (χ2n) is 7.79. The van der Waals surface area contributed by atoms with Crippen LogP contribution in [0.1, 0.15) is 33.6 Å². The van der Waals surface area contributed by atoms with Crippen molar-refractivity contribution in [3.63, 3.8) is 0 Å². The molecule has 0 N–H and O–H groups in total. The summed E-state index contributed by atoms with van der Waals surface area (Å²) >= 11 is 0. The number of rotatable bonds is 5. The third kappa shape index (κ3) is 5.93. The quantitative estimate of drug-likeness (QED) is 0.808. The third-order valence-electron chi connectivity index (χ3n) is 4.30. The van der Waals surface area contributed by atoms with Crippen LogP contribution >= 0.6 is 0 Å². The standard InChI is InChI=1S/C20H30N2O4/c1-20(2,3)14-18(23)21-10-7-11-22(13-12-21)19(24)15-26-17-9-6-5-8-16(17)25-4/h5-6,8-9H,7,10-15H2,1-4H3. The van der Waals surface area contributed by atoms with Gasteiger partial charge in [-0.2, -0.15) is 0 Å². The topological polar surface area (TPSA) is 59.1 Å². The molecular weight excluding hydrogens is 332 g/mol. The highest BCUT2D eigenvalue weighted by atomic mass is 16.5. The highest BCUT2D eigenvalue weighted by Crippen LogP contribution is 2.25. The van der Waals surface area contributed by atoms with Crippen LogP contribution in [-0.4, -0.2) is 61.5 Å². The van der Waals surface area contributed by atoms with Crippen molar-refractivity contribution in [3.8, 4) is 11.5 Å². The highest BCUT2D eigenvalue weighted by molar-refractivity contribution is 5.79. The molecule has 1 heterocycles. The number of carbonyl (C=O) groups is 2. The zero-order chi connectivity index (χ0) is 19.2. The number of hydrogen-bond donors (Lipinski definition) is 0. The van der Waals surface area contributed by atoms with Crippen molar-refractivity contribution in [3.05, 3.63) is 24.3 Å². The van der Waals surface area contributed by atoms with Crippen LogP contribution in [0.15, 0.2) is 24.3 Å². The van der Waals surface area contributed by atoms with Gasteiger partial charge in [-0.15, -0.1) is 0 Å². The average Bonchev–Trinajstić information content (AvgIpc) is 2.84. The fourth-order valence-corrected chi connectivity index (χ4v) is 2.95. The molecule has 2 rings (SSSR count). The molecule has 0 spiro atoms. The lowest BCUT2D eigenvalue weighted by molar-refractivity contribution is -0.135. The van der Waals surface area contributed by atoms with E-state index in [4.69, 9.17) is 9.47 Å². The zero-order valence-electron chi connectivity index (χ0n) is 16.3. The van der Waals surface area contributed by atoms with Gasteiger partial charge in [-0.25, -0.2) is 0 Å². The fourth-order valence-electron chi connectivity index (χ4n) is 2.95. The van der Waals surface area contributed by atoms with Crippen molar-refractivity contribution in [1.29, 1.82) is 0 Å². The number of hydrogen-bond acceptors (Lipinski definition) is 4. The summed E-state index contributed by atoms with van der Waals surface area (Å²) in [7, 11) is 1.57. The normalized spacial score (nSPS) is 15.4. The molecule has 26 heavy (non-hydrogen) atoms. The monoisotopic (exact) mass is 362 g/mol. The summed E-state index contributed by atoms with van der Waals surface area (Å²) in [6.07, 6.45) is 1.31. The lowest BCUT2D eigenvalue weighted by atomic mass is 9.91. The van der Waals surface area contributed by atoms with E-state index in [1.807, 2.05) is 17.0 Å². The van der Waals surface area contributed by atoms with Crippen LogP contribution in [0.5, 0.6) is 11.5 Å². The van der Waals surface area contributed by atoms with Gasteiger partial charge in [-0.1, -0.05) is 32.9 Å². The van der Waals surface area contributed by atoms with Crippen LogP contribution in [0.2, 0.25) is 0 Å². The molecule has 0 atom stereocenters. The molecule has 0 radical (unpaired) electrons. The van der Waals surface area contributed by atoms with Crippen molar-refractivity contribution in [2.24, 2.45) is 5.41 Å². The van der Waals surface area contributed by atoms with Crippen LogP contribution in [0.3, 0.4) is 0 Å². The average molecular weight is 362 g/mol. The van der Waals surface area contributed by atoms with E-state index >= 15 is 0 Å². The molecule has 2 amide bonds. The number of ether oxygens (including phenoxy) is 2. The van der Waals surface area contributed by atoms with Crippen LogP contribution in [0.25, 0.3) is 0 Å². The number of amides is 2. The molecule has 0 aromatic heterocycles. The molecule has 1 saturated heterocycles. The minimum atomic E-state index is -0.0685. The predicted octanol–water partition coefficient (Wildman–Crippen LogP) is 2.57. The van der Waals surface area contributed by atoms with Crippen LogP contribution < -0.4 is 9.47 Å². The second kappa shape index (κ2) is 8.92. The predicted molar refractivity (Wildman–Crippen MR) is 100 cm³/mol. The summed E-state index contributed by atoms with van der Waals surface area (Å²) in [5.74, 6) is 1.26. The number of benzene rings is 1.